The molecule has 32 heavy (non-hydrogen) atoms. The molecule has 0 aromatic heterocycles. The van der Waals surface area contributed by atoms with Crippen LogP contribution in [0, 0.1) is 5.92 Å². The monoisotopic (exact) mass is 438 g/mol. The van der Waals surface area contributed by atoms with Crippen molar-refractivity contribution in [2.75, 3.05) is 36.4 Å². The standard InChI is InChI=1S/C24H30N4O4/c1-17(2)22(29)28-14-12-27(13-15-28)20-10-8-19(9-11-20)25-24(32)26-21(23(30)31)16-18-6-4-3-5-7-18/h3-11,17,21H,12-16H2,1-2H3,(H,30,31)(H2,25,26,32). The van der Waals surface area contributed by atoms with E-state index in [4.69, 9.17) is 0 Å². The molecule has 3 rings (SSSR count). The van der Waals surface area contributed by atoms with E-state index in [-0.39, 0.29) is 18.2 Å². The second-order valence-corrected chi connectivity index (χ2v) is 8.19. The Morgan fingerprint density at radius 2 is 1.56 bits per heavy atom. The maximum atomic E-state index is 12.3. The van der Waals surface area contributed by atoms with Crippen LogP contribution in [-0.2, 0) is 16.0 Å². The summed E-state index contributed by atoms with van der Waals surface area (Å²) in [7, 11) is 0. The van der Waals surface area contributed by atoms with Crippen molar-refractivity contribution in [2.24, 2.45) is 5.92 Å². The van der Waals surface area contributed by atoms with Gasteiger partial charge in [0.1, 0.15) is 6.04 Å². The minimum atomic E-state index is -1.09. The highest BCUT2D eigenvalue weighted by Crippen LogP contribution is 2.20. The number of nitrogens with zero attached hydrogens (tertiary/aromatic N) is 2. The molecule has 1 aliphatic heterocycles. The molecule has 0 aliphatic carbocycles. The van der Waals surface area contributed by atoms with Gasteiger partial charge in [0.2, 0.25) is 5.91 Å². The Balaban J connectivity index is 1.52. The molecule has 1 atom stereocenters. The van der Waals surface area contributed by atoms with Gasteiger partial charge >= 0.3 is 12.0 Å². The summed E-state index contributed by atoms with van der Waals surface area (Å²) in [5, 5.41) is 14.7. The lowest BCUT2D eigenvalue weighted by Crippen LogP contribution is -2.49. The molecule has 8 nitrogen and oxygen atoms in total. The van der Waals surface area contributed by atoms with Gasteiger partial charge < -0.3 is 25.5 Å². The van der Waals surface area contributed by atoms with E-state index in [2.05, 4.69) is 15.5 Å². The van der Waals surface area contributed by atoms with Gasteiger partial charge in [-0.3, -0.25) is 4.79 Å². The summed E-state index contributed by atoms with van der Waals surface area (Å²) in [6.07, 6.45) is 0.202. The number of piperazine rings is 1. The van der Waals surface area contributed by atoms with Crippen LogP contribution in [0.3, 0.4) is 0 Å². The molecule has 1 fully saturated rings. The van der Waals surface area contributed by atoms with E-state index < -0.39 is 18.0 Å². The van der Waals surface area contributed by atoms with Crippen LogP contribution in [0.25, 0.3) is 0 Å². The van der Waals surface area contributed by atoms with Crippen LogP contribution < -0.4 is 15.5 Å². The number of rotatable bonds is 7. The number of hydrogen-bond acceptors (Lipinski definition) is 4. The van der Waals surface area contributed by atoms with Crippen LogP contribution in [0.1, 0.15) is 19.4 Å². The first-order valence-corrected chi connectivity index (χ1v) is 10.8. The van der Waals surface area contributed by atoms with E-state index in [0.717, 1.165) is 24.3 Å². The lowest BCUT2D eigenvalue weighted by molar-refractivity contribution is -0.139. The number of benzene rings is 2. The van der Waals surface area contributed by atoms with E-state index in [9.17, 15) is 19.5 Å². The van der Waals surface area contributed by atoms with Gasteiger partial charge in [-0.1, -0.05) is 44.2 Å². The molecule has 1 saturated heterocycles. The summed E-state index contributed by atoms with van der Waals surface area (Å²) in [6, 6.07) is 15.0. The first-order chi connectivity index (χ1) is 15.3. The quantitative estimate of drug-likeness (QED) is 0.617. The molecule has 3 N–H and O–H groups in total. The van der Waals surface area contributed by atoms with Crippen molar-refractivity contribution in [1.29, 1.82) is 0 Å². The molecule has 2 aromatic rings. The van der Waals surface area contributed by atoms with Gasteiger partial charge in [0.05, 0.1) is 0 Å². The van der Waals surface area contributed by atoms with E-state index in [1.807, 2.05) is 61.2 Å². The average molecular weight is 439 g/mol. The van der Waals surface area contributed by atoms with Crippen LogP contribution in [0.4, 0.5) is 16.2 Å². The van der Waals surface area contributed by atoms with E-state index in [0.29, 0.717) is 18.8 Å². The van der Waals surface area contributed by atoms with Crippen molar-refractivity contribution in [3.05, 3.63) is 60.2 Å². The third kappa shape index (κ3) is 6.23. The highest BCUT2D eigenvalue weighted by Gasteiger charge is 2.23. The normalized spacial score (nSPS) is 14.7. The summed E-state index contributed by atoms with van der Waals surface area (Å²) in [5.74, 6) is -0.900. The van der Waals surface area contributed by atoms with Gasteiger partial charge in [0.15, 0.2) is 0 Å². The summed E-state index contributed by atoms with van der Waals surface area (Å²) in [6.45, 7) is 6.72. The fourth-order valence-electron chi connectivity index (χ4n) is 3.68. The van der Waals surface area contributed by atoms with Crippen LogP contribution in [0.15, 0.2) is 54.6 Å². The largest absolute Gasteiger partial charge is 0.480 e. The number of carboxylic acids is 1. The highest BCUT2D eigenvalue weighted by molar-refractivity contribution is 5.92. The zero-order chi connectivity index (χ0) is 23.1. The van der Waals surface area contributed by atoms with E-state index >= 15 is 0 Å². The van der Waals surface area contributed by atoms with Gasteiger partial charge in [-0.25, -0.2) is 9.59 Å². The van der Waals surface area contributed by atoms with E-state index in [1.165, 1.54) is 0 Å². The Kier molecular flexibility index (Phi) is 7.70. The first kappa shape index (κ1) is 23.1. The molecule has 2 aromatic carbocycles. The summed E-state index contributed by atoms with van der Waals surface area (Å²) in [4.78, 5) is 40.1. The Morgan fingerprint density at radius 1 is 0.938 bits per heavy atom. The second kappa shape index (κ2) is 10.7. The maximum absolute atomic E-state index is 12.3. The summed E-state index contributed by atoms with van der Waals surface area (Å²) < 4.78 is 0. The molecular weight excluding hydrogens is 408 g/mol. The first-order valence-electron chi connectivity index (χ1n) is 10.8. The number of hydrogen-bond donors (Lipinski definition) is 3. The molecule has 0 radical (unpaired) electrons. The van der Waals surface area contributed by atoms with Gasteiger partial charge in [-0.05, 0) is 29.8 Å². The van der Waals surface area contributed by atoms with Gasteiger partial charge in [-0.2, -0.15) is 0 Å². The number of carbonyl (C=O) groups excluding carboxylic acids is 2. The average Bonchev–Trinajstić information content (AvgIpc) is 2.79. The lowest BCUT2D eigenvalue weighted by atomic mass is 10.1. The Labute approximate surface area is 188 Å². The zero-order valence-electron chi connectivity index (χ0n) is 18.5. The van der Waals surface area contributed by atoms with Crippen LogP contribution in [0.2, 0.25) is 0 Å². The third-order valence-electron chi connectivity index (χ3n) is 5.46. The Hall–Kier alpha value is -3.55. The lowest BCUT2D eigenvalue weighted by Gasteiger charge is -2.37. The van der Waals surface area contributed by atoms with Crippen molar-refractivity contribution >= 4 is 29.3 Å². The van der Waals surface area contributed by atoms with Crippen LogP contribution >= 0.6 is 0 Å². The smallest absolute Gasteiger partial charge is 0.326 e. The third-order valence-corrected chi connectivity index (χ3v) is 5.46. The predicted octanol–water partition coefficient (Wildman–Crippen LogP) is 2.81. The molecule has 8 heteroatoms. The molecule has 1 unspecified atom stereocenters. The molecular formula is C24H30N4O4. The van der Waals surface area contributed by atoms with Gasteiger partial charge in [-0.15, -0.1) is 0 Å². The number of amides is 3. The number of carbonyl (C=O) groups is 3. The summed E-state index contributed by atoms with van der Waals surface area (Å²) >= 11 is 0. The van der Waals surface area contributed by atoms with Gasteiger partial charge in [0, 0.05) is 49.9 Å². The van der Waals surface area contributed by atoms with Crippen LogP contribution in [-0.4, -0.2) is 60.1 Å². The highest BCUT2D eigenvalue weighted by atomic mass is 16.4. The second-order valence-electron chi connectivity index (χ2n) is 8.19. The maximum Gasteiger partial charge on any atom is 0.326 e. The van der Waals surface area contributed by atoms with Crippen molar-refractivity contribution in [2.45, 2.75) is 26.3 Å². The minimum Gasteiger partial charge on any atom is -0.480 e. The molecule has 0 saturated carbocycles. The predicted molar refractivity (Wildman–Crippen MR) is 124 cm³/mol. The summed E-state index contributed by atoms with van der Waals surface area (Å²) in [5.41, 5.74) is 2.42. The number of carboxylic acid groups (broad SMARTS) is 1. The fourth-order valence-corrected chi connectivity index (χ4v) is 3.68. The SMILES string of the molecule is CC(C)C(=O)N1CCN(c2ccc(NC(=O)NC(Cc3ccccc3)C(=O)O)cc2)CC1. The van der Waals surface area contributed by atoms with Crippen molar-refractivity contribution < 1.29 is 19.5 Å². The fraction of sp³-hybridized carbons (Fsp3) is 0.375. The molecule has 1 aliphatic rings. The molecule has 0 bridgehead atoms. The Bertz CT molecular complexity index is 923. The topological polar surface area (TPSA) is 102 Å². The number of anilines is 2. The Morgan fingerprint density at radius 3 is 2.12 bits per heavy atom. The van der Waals surface area contributed by atoms with Crippen molar-refractivity contribution in [1.82, 2.24) is 10.2 Å². The van der Waals surface area contributed by atoms with Gasteiger partial charge in [0.25, 0.3) is 0 Å². The molecule has 0 spiro atoms. The van der Waals surface area contributed by atoms with Crippen molar-refractivity contribution in [3.8, 4) is 0 Å². The molecule has 1 heterocycles. The molecule has 3 amide bonds. The van der Waals surface area contributed by atoms with E-state index in [1.54, 1.807) is 12.1 Å². The zero-order valence-corrected chi connectivity index (χ0v) is 18.5. The minimum absolute atomic E-state index is 0.00599. The van der Waals surface area contributed by atoms with Crippen LogP contribution in [0.5, 0.6) is 0 Å². The van der Waals surface area contributed by atoms with Crippen molar-refractivity contribution in [3.63, 3.8) is 0 Å². The number of urea groups is 1. The molecule has 170 valence electrons. The number of nitrogens with one attached hydrogen (secondary N) is 2. The number of aliphatic carboxylic acids is 1.